The second-order valence-corrected chi connectivity index (χ2v) is 7.71. The van der Waals surface area contributed by atoms with Crippen LogP contribution in [-0.4, -0.2) is 35.8 Å². The summed E-state index contributed by atoms with van der Waals surface area (Å²) >= 11 is 0. The summed E-state index contributed by atoms with van der Waals surface area (Å²) < 4.78 is 10.8. The molecule has 0 saturated carbocycles. The molecule has 1 saturated heterocycles. The number of amides is 1. The summed E-state index contributed by atoms with van der Waals surface area (Å²) in [4.78, 5) is 14.4. The fraction of sp³-hybridized carbons (Fsp3) is 0.550. The average molecular weight is 329 g/mol. The number of hydrogen-bond acceptors (Lipinski definition) is 3. The molecule has 1 aromatic carbocycles. The molecule has 3 rings (SSSR count). The van der Waals surface area contributed by atoms with Gasteiger partial charge in [-0.1, -0.05) is 30.3 Å². The molecule has 2 atom stereocenters. The molecule has 0 N–H and O–H groups in total. The Morgan fingerprint density at radius 2 is 1.92 bits per heavy atom. The van der Waals surface area contributed by atoms with Crippen LogP contribution in [0, 0.1) is 0 Å². The molecule has 4 heteroatoms. The second-order valence-electron chi connectivity index (χ2n) is 7.71. The first-order valence-corrected chi connectivity index (χ1v) is 8.67. The highest BCUT2D eigenvalue weighted by Gasteiger charge is 2.41. The van der Waals surface area contributed by atoms with Crippen molar-refractivity contribution in [2.75, 3.05) is 7.11 Å². The molecule has 1 amide bonds. The Morgan fingerprint density at radius 1 is 1.21 bits per heavy atom. The van der Waals surface area contributed by atoms with Gasteiger partial charge in [-0.3, -0.25) is 4.90 Å². The lowest BCUT2D eigenvalue weighted by Gasteiger charge is -2.35. The van der Waals surface area contributed by atoms with Crippen LogP contribution in [0.2, 0.25) is 0 Å². The summed E-state index contributed by atoms with van der Waals surface area (Å²) in [5.41, 5.74) is 3.32. The van der Waals surface area contributed by atoms with E-state index in [2.05, 4.69) is 30.3 Å². The number of ether oxygens (including phenoxy) is 2. The van der Waals surface area contributed by atoms with E-state index in [0.29, 0.717) is 6.61 Å². The van der Waals surface area contributed by atoms with Crippen LogP contribution in [-0.2, 0) is 16.1 Å². The van der Waals surface area contributed by atoms with Gasteiger partial charge in [0.1, 0.15) is 5.60 Å². The van der Waals surface area contributed by atoms with Crippen molar-refractivity contribution in [2.45, 2.75) is 64.3 Å². The summed E-state index contributed by atoms with van der Waals surface area (Å²) in [6.45, 7) is 6.38. The Bertz CT molecular complexity index is 627. The lowest BCUT2D eigenvalue weighted by atomic mass is 9.94. The summed E-state index contributed by atoms with van der Waals surface area (Å²) in [5.74, 6) is 0. The second kappa shape index (κ2) is 6.60. The van der Waals surface area contributed by atoms with E-state index >= 15 is 0 Å². The first kappa shape index (κ1) is 17.0. The topological polar surface area (TPSA) is 38.8 Å². The van der Waals surface area contributed by atoms with Gasteiger partial charge in [0.25, 0.3) is 0 Å². The standard InChI is InChI=1S/C20H27NO3/c1-20(2,3)24-19(22)21-17-9-10-18(21)12-16(11-17)15-7-5-14(6-8-15)13-23-4/h5-8,11,17-18H,9-10,12-13H2,1-4H3. The summed E-state index contributed by atoms with van der Waals surface area (Å²) in [6, 6.07) is 8.95. The van der Waals surface area contributed by atoms with E-state index < -0.39 is 5.60 Å². The van der Waals surface area contributed by atoms with E-state index in [1.807, 2.05) is 25.7 Å². The number of nitrogens with zero attached hydrogens (tertiary/aromatic N) is 1. The van der Waals surface area contributed by atoms with Gasteiger partial charge < -0.3 is 9.47 Å². The predicted molar refractivity (Wildman–Crippen MR) is 94.6 cm³/mol. The molecule has 2 unspecified atom stereocenters. The van der Waals surface area contributed by atoms with Crippen LogP contribution in [0.15, 0.2) is 30.3 Å². The van der Waals surface area contributed by atoms with Crippen molar-refractivity contribution in [2.24, 2.45) is 0 Å². The first-order chi connectivity index (χ1) is 11.4. The molecule has 130 valence electrons. The Kier molecular flexibility index (Phi) is 4.68. The molecule has 0 aromatic heterocycles. The van der Waals surface area contributed by atoms with Crippen molar-refractivity contribution in [3.63, 3.8) is 0 Å². The fourth-order valence-electron chi connectivity index (χ4n) is 3.63. The number of hydrogen-bond donors (Lipinski definition) is 0. The van der Waals surface area contributed by atoms with Gasteiger partial charge >= 0.3 is 6.09 Å². The monoisotopic (exact) mass is 329 g/mol. The highest BCUT2D eigenvalue weighted by molar-refractivity contribution is 5.75. The minimum atomic E-state index is -0.447. The minimum absolute atomic E-state index is 0.159. The molecule has 0 spiro atoms. The van der Waals surface area contributed by atoms with Crippen LogP contribution < -0.4 is 0 Å². The van der Waals surface area contributed by atoms with Crippen LogP contribution in [0.4, 0.5) is 4.79 Å². The van der Waals surface area contributed by atoms with E-state index in [-0.39, 0.29) is 18.2 Å². The molecule has 0 radical (unpaired) electrons. The van der Waals surface area contributed by atoms with Crippen LogP contribution in [0.25, 0.3) is 5.57 Å². The number of carbonyl (C=O) groups is 1. The van der Waals surface area contributed by atoms with Crippen molar-refractivity contribution in [1.29, 1.82) is 0 Å². The predicted octanol–water partition coefficient (Wildman–Crippen LogP) is 4.39. The quantitative estimate of drug-likeness (QED) is 0.825. The van der Waals surface area contributed by atoms with Gasteiger partial charge in [0.2, 0.25) is 0 Å². The van der Waals surface area contributed by atoms with Crippen molar-refractivity contribution in [3.8, 4) is 0 Å². The summed E-state index contributed by atoms with van der Waals surface area (Å²) in [7, 11) is 1.71. The Balaban J connectivity index is 1.75. The van der Waals surface area contributed by atoms with E-state index in [1.54, 1.807) is 7.11 Å². The smallest absolute Gasteiger partial charge is 0.411 e. The minimum Gasteiger partial charge on any atom is -0.444 e. The average Bonchev–Trinajstić information content (AvgIpc) is 2.77. The highest BCUT2D eigenvalue weighted by Crippen LogP contribution is 2.39. The zero-order valence-electron chi connectivity index (χ0n) is 15.0. The maximum Gasteiger partial charge on any atom is 0.411 e. The highest BCUT2D eigenvalue weighted by atomic mass is 16.6. The molecule has 0 aliphatic carbocycles. The van der Waals surface area contributed by atoms with Crippen molar-refractivity contribution < 1.29 is 14.3 Å². The number of methoxy groups -OCH3 is 1. The number of rotatable bonds is 3. The SMILES string of the molecule is COCc1ccc(C2=CC3CCC(C2)N3C(=O)OC(C)(C)C)cc1. The third-order valence-corrected chi connectivity index (χ3v) is 4.64. The third-order valence-electron chi connectivity index (χ3n) is 4.64. The van der Waals surface area contributed by atoms with Crippen molar-refractivity contribution >= 4 is 11.7 Å². The molecule has 2 bridgehead atoms. The Labute approximate surface area is 144 Å². The first-order valence-electron chi connectivity index (χ1n) is 8.67. The molecule has 2 aliphatic rings. The van der Waals surface area contributed by atoms with Crippen LogP contribution in [0.1, 0.15) is 51.2 Å². The van der Waals surface area contributed by atoms with Gasteiger partial charge in [-0.2, -0.15) is 0 Å². The van der Waals surface area contributed by atoms with Gasteiger partial charge in [-0.15, -0.1) is 0 Å². The van der Waals surface area contributed by atoms with Crippen LogP contribution in [0.5, 0.6) is 0 Å². The van der Waals surface area contributed by atoms with Crippen molar-refractivity contribution in [3.05, 3.63) is 41.5 Å². The van der Waals surface area contributed by atoms with Crippen LogP contribution >= 0.6 is 0 Å². The van der Waals surface area contributed by atoms with Crippen LogP contribution in [0.3, 0.4) is 0 Å². The van der Waals surface area contributed by atoms with E-state index in [9.17, 15) is 4.79 Å². The molecule has 2 aliphatic heterocycles. The lowest BCUT2D eigenvalue weighted by Crippen LogP contribution is -2.45. The zero-order chi connectivity index (χ0) is 17.3. The van der Waals surface area contributed by atoms with Gasteiger partial charge in [0.15, 0.2) is 0 Å². The maximum absolute atomic E-state index is 12.5. The molecule has 24 heavy (non-hydrogen) atoms. The zero-order valence-corrected chi connectivity index (χ0v) is 15.0. The van der Waals surface area contributed by atoms with Gasteiger partial charge in [0.05, 0.1) is 12.6 Å². The number of carbonyl (C=O) groups excluding carboxylic acids is 1. The van der Waals surface area contributed by atoms with Gasteiger partial charge in [0, 0.05) is 13.2 Å². The van der Waals surface area contributed by atoms with E-state index in [4.69, 9.17) is 9.47 Å². The number of benzene rings is 1. The van der Waals surface area contributed by atoms with E-state index in [1.165, 1.54) is 16.7 Å². The normalized spacial score (nSPS) is 23.2. The molecule has 1 aromatic rings. The molecule has 2 heterocycles. The fourth-order valence-corrected chi connectivity index (χ4v) is 3.63. The Hall–Kier alpha value is -1.81. The number of fused-ring (bicyclic) bond motifs is 2. The van der Waals surface area contributed by atoms with Crippen molar-refractivity contribution in [1.82, 2.24) is 4.90 Å². The van der Waals surface area contributed by atoms with Gasteiger partial charge in [-0.05, 0) is 56.7 Å². The molecular weight excluding hydrogens is 302 g/mol. The summed E-state index contributed by atoms with van der Waals surface area (Å²) in [6.07, 6.45) is 5.04. The third kappa shape index (κ3) is 3.64. The summed E-state index contributed by atoms with van der Waals surface area (Å²) in [5, 5.41) is 0. The lowest BCUT2D eigenvalue weighted by molar-refractivity contribution is 0.0175. The van der Waals surface area contributed by atoms with E-state index in [0.717, 1.165) is 19.3 Å². The molecule has 4 nitrogen and oxygen atoms in total. The molecular formula is C20H27NO3. The maximum atomic E-state index is 12.5. The largest absolute Gasteiger partial charge is 0.444 e. The van der Waals surface area contributed by atoms with Gasteiger partial charge in [-0.25, -0.2) is 4.79 Å². The molecule has 1 fully saturated rings. The Morgan fingerprint density at radius 3 is 2.50 bits per heavy atom.